The van der Waals surface area contributed by atoms with Crippen LogP contribution in [0.15, 0.2) is 103 Å². The van der Waals surface area contributed by atoms with Crippen molar-refractivity contribution in [1.82, 2.24) is 10.6 Å². The molecule has 31 heavy (non-hydrogen) atoms. The molecule has 0 saturated heterocycles. The lowest BCUT2D eigenvalue weighted by atomic mass is 9.94. The molecule has 0 unspecified atom stereocenters. The summed E-state index contributed by atoms with van der Waals surface area (Å²) in [5.41, 5.74) is 9.61. The van der Waals surface area contributed by atoms with Crippen LogP contribution in [-0.4, -0.2) is 6.03 Å². The van der Waals surface area contributed by atoms with Crippen molar-refractivity contribution in [2.24, 2.45) is 5.73 Å². The van der Waals surface area contributed by atoms with Gasteiger partial charge in [0, 0.05) is 0 Å². The zero-order valence-electron chi connectivity index (χ0n) is 17.5. The van der Waals surface area contributed by atoms with Gasteiger partial charge in [0.1, 0.15) is 0 Å². The summed E-state index contributed by atoms with van der Waals surface area (Å²) in [6.45, 7) is 2.00. The standard InChI is InChI=1S/C27H27N3O/c1-19(23-18-10-16-20-11-8-9-17-24(20)23)29-27(31)30-26(22-14-6-3-7-15-22)25(28)21-12-4-2-5-13-21/h2-19,25-26H,28H2,1H3,(H2,29,30,31)/t19-,25-,26-/m1/s1. The van der Waals surface area contributed by atoms with Crippen LogP contribution in [0.2, 0.25) is 0 Å². The van der Waals surface area contributed by atoms with Crippen LogP contribution in [-0.2, 0) is 0 Å². The second-order valence-corrected chi connectivity index (χ2v) is 7.73. The molecule has 4 rings (SSSR count). The number of nitrogens with two attached hydrogens (primary N) is 1. The first kappa shape index (κ1) is 20.6. The summed E-state index contributed by atoms with van der Waals surface area (Å²) >= 11 is 0. The molecule has 0 aliphatic rings. The number of hydrogen-bond acceptors (Lipinski definition) is 2. The van der Waals surface area contributed by atoms with Gasteiger partial charge >= 0.3 is 6.03 Å². The van der Waals surface area contributed by atoms with Gasteiger partial charge in [0.05, 0.1) is 18.1 Å². The molecule has 3 atom stereocenters. The molecule has 0 aliphatic carbocycles. The molecule has 0 aromatic heterocycles. The van der Waals surface area contributed by atoms with Gasteiger partial charge in [-0.1, -0.05) is 103 Å². The van der Waals surface area contributed by atoms with Crippen molar-refractivity contribution >= 4 is 16.8 Å². The molecule has 4 nitrogen and oxygen atoms in total. The highest BCUT2D eigenvalue weighted by Gasteiger charge is 2.24. The molecule has 0 saturated carbocycles. The lowest BCUT2D eigenvalue weighted by molar-refractivity contribution is 0.232. The van der Waals surface area contributed by atoms with E-state index in [9.17, 15) is 4.79 Å². The van der Waals surface area contributed by atoms with E-state index in [1.807, 2.05) is 85.8 Å². The predicted molar refractivity (Wildman–Crippen MR) is 127 cm³/mol. The van der Waals surface area contributed by atoms with E-state index in [2.05, 4.69) is 34.9 Å². The van der Waals surface area contributed by atoms with Gasteiger partial charge in [0.25, 0.3) is 0 Å². The molecule has 0 heterocycles. The van der Waals surface area contributed by atoms with Crippen LogP contribution in [0.3, 0.4) is 0 Å². The van der Waals surface area contributed by atoms with E-state index in [4.69, 9.17) is 5.73 Å². The van der Waals surface area contributed by atoms with Crippen LogP contribution in [0.25, 0.3) is 10.8 Å². The number of benzene rings is 4. The topological polar surface area (TPSA) is 67.2 Å². The Morgan fingerprint density at radius 2 is 1.29 bits per heavy atom. The van der Waals surface area contributed by atoms with Gasteiger partial charge in [-0.05, 0) is 34.4 Å². The smallest absolute Gasteiger partial charge is 0.315 e. The molecular weight excluding hydrogens is 382 g/mol. The lowest BCUT2D eigenvalue weighted by Crippen LogP contribution is -2.42. The van der Waals surface area contributed by atoms with Gasteiger partial charge in [0.2, 0.25) is 0 Å². The predicted octanol–water partition coefficient (Wildman–Crippen LogP) is 5.64. The minimum atomic E-state index is -0.373. The molecular formula is C27H27N3O. The number of carbonyl (C=O) groups excluding carboxylic acids is 1. The SMILES string of the molecule is C[C@@H](NC(=O)N[C@H](c1ccccc1)[C@H](N)c1ccccc1)c1cccc2ccccc12. The molecule has 0 radical (unpaired) electrons. The minimum absolute atomic E-state index is 0.157. The van der Waals surface area contributed by atoms with Gasteiger partial charge in [-0.2, -0.15) is 0 Å². The summed E-state index contributed by atoms with van der Waals surface area (Å²) in [4.78, 5) is 13.0. The number of urea groups is 1. The number of nitrogens with one attached hydrogen (secondary N) is 2. The average molecular weight is 410 g/mol. The molecule has 156 valence electrons. The Hall–Kier alpha value is -3.63. The van der Waals surface area contributed by atoms with Crippen molar-refractivity contribution in [1.29, 1.82) is 0 Å². The Morgan fingerprint density at radius 1 is 0.710 bits per heavy atom. The van der Waals surface area contributed by atoms with E-state index in [0.717, 1.165) is 27.5 Å². The number of fused-ring (bicyclic) bond motifs is 1. The van der Waals surface area contributed by atoms with E-state index in [1.54, 1.807) is 0 Å². The summed E-state index contributed by atoms with van der Waals surface area (Å²) in [5.74, 6) is 0. The van der Waals surface area contributed by atoms with Gasteiger partial charge < -0.3 is 16.4 Å². The first-order valence-electron chi connectivity index (χ1n) is 10.5. The van der Waals surface area contributed by atoms with Crippen LogP contribution >= 0.6 is 0 Å². The molecule has 4 aromatic rings. The Labute approximate surface area is 183 Å². The molecule has 4 aromatic carbocycles. The quantitative estimate of drug-likeness (QED) is 0.386. The first-order valence-corrected chi connectivity index (χ1v) is 10.5. The highest BCUT2D eigenvalue weighted by atomic mass is 16.2. The van der Waals surface area contributed by atoms with Gasteiger partial charge in [0.15, 0.2) is 0 Å². The van der Waals surface area contributed by atoms with Crippen LogP contribution in [0.5, 0.6) is 0 Å². The van der Waals surface area contributed by atoms with Crippen molar-refractivity contribution in [2.45, 2.75) is 25.0 Å². The third-order valence-corrected chi connectivity index (χ3v) is 5.63. The van der Waals surface area contributed by atoms with Crippen molar-refractivity contribution in [3.63, 3.8) is 0 Å². The monoisotopic (exact) mass is 409 g/mol. The second-order valence-electron chi connectivity index (χ2n) is 7.73. The van der Waals surface area contributed by atoms with Crippen molar-refractivity contribution in [3.8, 4) is 0 Å². The fraction of sp³-hybridized carbons (Fsp3) is 0.148. The van der Waals surface area contributed by atoms with Gasteiger partial charge in [-0.25, -0.2) is 4.79 Å². The van der Waals surface area contributed by atoms with E-state index >= 15 is 0 Å². The minimum Gasteiger partial charge on any atom is -0.332 e. The average Bonchev–Trinajstić information content (AvgIpc) is 2.83. The summed E-state index contributed by atoms with van der Waals surface area (Å²) in [7, 11) is 0. The fourth-order valence-electron chi connectivity index (χ4n) is 3.99. The van der Waals surface area contributed by atoms with Crippen LogP contribution in [0.4, 0.5) is 4.79 Å². The van der Waals surface area contributed by atoms with Crippen molar-refractivity contribution in [2.75, 3.05) is 0 Å². The zero-order valence-corrected chi connectivity index (χ0v) is 17.5. The molecule has 4 heteroatoms. The maximum Gasteiger partial charge on any atom is 0.315 e. The molecule has 4 N–H and O–H groups in total. The fourth-order valence-corrected chi connectivity index (χ4v) is 3.99. The summed E-state index contributed by atoms with van der Waals surface area (Å²) in [6, 6.07) is 32.9. The summed E-state index contributed by atoms with van der Waals surface area (Å²) in [6.07, 6.45) is 0. The van der Waals surface area contributed by atoms with Gasteiger partial charge in [-0.15, -0.1) is 0 Å². The molecule has 0 aliphatic heterocycles. The summed E-state index contributed by atoms with van der Waals surface area (Å²) in [5, 5.41) is 8.49. The summed E-state index contributed by atoms with van der Waals surface area (Å²) < 4.78 is 0. The third kappa shape index (κ3) is 4.76. The zero-order chi connectivity index (χ0) is 21.6. The van der Waals surface area contributed by atoms with Crippen LogP contribution in [0.1, 0.15) is 41.7 Å². The van der Waals surface area contributed by atoms with Gasteiger partial charge in [-0.3, -0.25) is 0 Å². The maximum atomic E-state index is 13.0. The number of amides is 2. The maximum absolute atomic E-state index is 13.0. The molecule has 0 fully saturated rings. The van der Waals surface area contributed by atoms with E-state index in [1.165, 1.54) is 0 Å². The Kier molecular flexibility index (Phi) is 6.29. The Morgan fingerprint density at radius 3 is 2.00 bits per heavy atom. The molecule has 0 spiro atoms. The number of rotatable bonds is 6. The second kappa shape index (κ2) is 9.45. The largest absolute Gasteiger partial charge is 0.332 e. The highest BCUT2D eigenvalue weighted by molar-refractivity contribution is 5.86. The first-order chi connectivity index (χ1) is 15.1. The van der Waals surface area contributed by atoms with Crippen LogP contribution in [0, 0.1) is 0 Å². The Balaban J connectivity index is 1.55. The molecule has 0 bridgehead atoms. The van der Waals surface area contributed by atoms with E-state index in [0.29, 0.717) is 0 Å². The highest BCUT2D eigenvalue weighted by Crippen LogP contribution is 2.27. The Bertz CT molecular complexity index is 1140. The number of hydrogen-bond donors (Lipinski definition) is 3. The third-order valence-electron chi connectivity index (χ3n) is 5.63. The van der Waals surface area contributed by atoms with Crippen molar-refractivity contribution in [3.05, 3.63) is 120 Å². The van der Waals surface area contributed by atoms with E-state index < -0.39 is 0 Å². The normalized spacial score (nSPS) is 13.9. The number of carbonyl (C=O) groups is 1. The van der Waals surface area contributed by atoms with E-state index in [-0.39, 0.29) is 24.2 Å². The lowest BCUT2D eigenvalue weighted by Gasteiger charge is -2.27. The van der Waals surface area contributed by atoms with Crippen LogP contribution < -0.4 is 16.4 Å². The van der Waals surface area contributed by atoms with Crippen molar-refractivity contribution < 1.29 is 4.79 Å². The molecule has 2 amide bonds.